The van der Waals surface area contributed by atoms with Crippen LogP contribution < -0.4 is 10.1 Å². The van der Waals surface area contributed by atoms with Crippen LogP contribution in [0.3, 0.4) is 0 Å². The summed E-state index contributed by atoms with van der Waals surface area (Å²) in [6.07, 6.45) is 1.87. The minimum absolute atomic E-state index is 0.195. The fraction of sp³-hybridized carbons (Fsp3) is 0.417. The first-order chi connectivity index (χ1) is 14.1. The van der Waals surface area contributed by atoms with E-state index in [0.29, 0.717) is 17.9 Å². The van der Waals surface area contributed by atoms with Gasteiger partial charge in [-0.25, -0.2) is 0 Å². The SMILES string of the molecule is C[C@H]1CCCN(Cc2ccccc2CNC(=O)[C@H](C)Oc2ccccc2C#N)C1. The van der Waals surface area contributed by atoms with Crippen molar-refractivity contribution in [2.24, 2.45) is 5.92 Å². The van der Waals surface area contributed by atoms with Gasteiger partial charge in [0.05, 0.1) is 5.56 Å². The summed E-state index contributed by atoms with van der Waals surface area (Å²) in [5.41, 5.74) is 2.81. The first kappa shape index (κ1) is 20.9. The topological polar surface area (TPSA) is 65.4 Å². The number of hydrogen-bond donors (Lipinski definition) is 1. The molecular weight excluding hydrogens is 362 g/mol. The molecule has 1 aliphatic heterocycles. The van der Waals surface area contributed by atoms with E-state index in [9.17, 15) is 4.79 Å². The van der Waals surface area contributed by atoms with E-state index in [0.717, 1.165) is 31.1 Å². The van der Waals surface area contributed by atoms with Crippen LogP contribution in [0.15, 0.2) is 48.5 Å². The summed E-state index contributed by atoms with van der Waals surface area (Å²) in [6, 6.07) is 17.3. The van der Waals surface area contributed by atoms with Gasteiger partial charge in [-0.3, -0.25) is 9.69 Å². The number of para-hydroxylation sites is 1. The molecule has 1 heterocycles. The highest BCUT2D eigenvalue weighted by Crippen LogP contribution is 2.20. The molecule has 5 nitrogen and oxygen atoms in total. The maximum atomic E-state index is 12.5. The maximum absolute atomic E-state index is 12.5. The highest BCUT2D eigenvalue weighted by Gasteiger charge is 2.19. The van der Waals surface area contributed by atoms with Gasteiger partial charge in [0.15, 0.2) is 6.10 Å². The van der Waals surface area contributed by atoms with E-state index in [-0.39, 0.29) is 5.91 Å². The normalized spacial score (nSPS) is 17.9. The lowest BCUT2D eigenvalue weighted by Crippen LogP contribution is -2.37. The molecular formula is C24H29N3O2. The predicted molar refractivity (Wildman–Crippen MR) is 113 cm³/mol. The van der Waals surface area contributed by atoms with Crippen LogP contribution in [0.2, 0.25) is 0 Å². The van der Waals surface area contributed by atoms with Crippen LogP contribution in [-0.2, 0) is 17.9 Å². The lowest BCUT2D eigenvalue weighted by atomic mass is 9.99. The number of hydrogen-bond acceptors (Lipinski definition) is 4. The fourth-order valence-electron chi connectivity index (χ4n) is 3.79. The number of nitrogens with one attached hydrogen (secondary N) is 1. The molecule has 0 radical (unpaired) electrons. The van der Waals surface area contributed by atoms with Crippen LogP contribution in [0.5, 0.6) is 5.75 Å². The number of nitrogens with zero attached hydrogens (tertiary/aromatic N) is 2. The molecule has 2 aromatic rings. The third-order valence-electron chi connectivity index (χ3n) is 5.39. The largest absolute Gasteiger partial charge is 0.480 e. The quantitative estimate of drug-likeness (QED) is 0.778. The highest BCUT2D eigenvalue weighted by molar-refractivity contribution is 5.80. The van der Waals surface area contributed by atoms with Crippen LogP contribution in [0.1, 0.15) is 43.4 Å². The van der Waals surface area contributed by atoms with Crippen molar-refractivity contribution in [2.75, 3.05) is 13.1 Å². The molecule has 2 aromatic carbocycles. The van der Waals surface area contributed by atoms with E-state index in [1.165, 1.54) is 18.4 Å². The van der Waals surface area contributed by atoms with Crippen LogP contribution in [0, 0.1) is 17.2 Å². The number of ether oxygens (including phenoxy) is 1. The molecule has 5 heteroatoms. The molecule has 29 heavy (non-hydrogen) atoms. The Morgan fingerprint density at radius 3 is 2.72 bits per heavy atom. The lowest BCUT2D eigenvalue weighted by molar-refractivity contribution is -0.127. The molecule has 152 valence electrons. The molecule has 1 amide bonds. The number of rotatable bonds is 7. The molecule has 3 rings (SSSR count). The molecule has 2 atom stereocenters. The molecule has 0 aliphatic carbocycles. The van der Waals surface area contributed by atoms with Crippen LogP contribution >= 0.6 is 0 Å². The number of piperidine rings is 1. The van der Waals surface area contributed by atoms with Gasteiger partial charge in [-0.1, -0.05) is 43.3 Å². The molecule has 0 unspecified atom stereocenters. The molecule has 1 fully saturated rings. The van der Waals surface area contributed by atoms with Crippen LogP contribution in [0.4, 0.5) is 0 Å². The molecule has 1 aliphatic rings. The van der Waals surface area contributed by atoms with Crippen LogP contribution in [-0.4, -0.2) is 30.0 Å². The second kappa shape index (κ2) is 10.1. The molecule has 0 saturated carbocycles. The van der Waals surface area contributed by atoms with Crippen molar-refractivity contribution < 1.29 is 9.53 Å². The Kier molecular flexibility index (Phi) is 7.26. The number of benzene rings is 2. The second-order valence-corrected chi connectivity index (χ2v) is 7.84. The summed E-state index contributed by atoms with van der Waals surface area (Å²) in [4.78, 5) is 15.0. The van der Waals surface area contributed by atoms with Gasteiger partial charge in [-0.2, -0.15) is 5.26 Å². The summed E-state index contributed by atoms with van der Waals surface area (Å²) < 4.78 is 5.71. The van der Waals surface area contributed by atoms with Crippen molar-refractivity contribution in [1.29, 1.82) is 5.26 Å². The Morgan fingerprint density at radius 1 is 1.24 bits per heavy atom. The summed E-state index contributed by atoms with van der Waals surface area (Å²) >= 11 is 0. The van der Waals surface area contributed by atoms with Crippen molar-refractivity contribution in [3.05, 3.63) is 65.2 Å². The summed E-state index contributed by atoms with van der Waals surface area (Å²) in [7, 11) is 0. The smallest absolute Gasteiger partial charge is 0.261 e. The summed E-state index contributed by atoms with van der Waals surface area (Å²) in [6.45, 7) is 7.65. The Hall–Kier alpha value is -2.84. The number of carbonyl (C=O) groups excluding carboxylic acids is 1. The predicted octanol–water partition coefficient (Wildman–Crippen LogP) is 3.87. The number of carbonyl (C=O) groups is 1. The minimum Gasteiger partial charge on any atom is -0.480 e. The Labute approximate surface area is 173 Å². The highest BCUT2D eigenvalue weighted by atomic mass is 16.5. The van der Waals surface area contributed by atoms with Gasteiger partial charge in [-0.05, 0) is 55.5 Å². The maximum Gasteiger partial charge on any atom is 0.261 e. The first-order valence-electron chi connectivity index (χ1n) is 10.3. The molecule has 0 bridgehead atoms. The van der Waals surface area contributed by atoms with Gasteiger partial charge in [0, 0.05) is 19.6 Å². The summed E-state index contributed by atoms with van der Waals surface area (Å²) in [5.74, 6) is 0.973. The van der Waals surface area contributed by atoms with E-state index in [1.807, 2.05) is 6.07 Å². The molecule has 0 spiro atoms. The van der Waals surface area contributed by atoms with Gasteiger partial charge >= 0.3 is 0 Å². The zero-order valence-corrected chi connectivity index (χ0v) is 17.2. The standard InChI is InChI=1S/C24H29N3O2/c1-18-8-7-13-27(16-18)17-22-11-4-3-10-21(22)15-26-24(28)19(2)29-23-12-6-5-9-20(23)14-25/h3-6,9-12,18-19H,7-8,13,15-17H2,1-2H3,(H,26,28)/t18-,19-/m0/s1. The monoisotopic (exact) mass is 391 g/mol. The number of likely N-dealkylation sites (tertiary alicyclic amines) is 1. The number of nitriles is 1. The van der Waals surface area contributed by atoms with Gasteiger partial charge in [0.1, 0.15) is 11.8 Å². The van der Waals surface area contributed by atoms with Gasteiger partial charge < -0.3 is 10.1 Å². The zero-order valence-electron chi connectivity index (χ0n) is 17.2. The lowest BCUT2D eigenvalue weighted by Gasteiger charge is -2.31. The third-order valence-corrected chi connectivity index (χ3v) is 5.39. The van der Waals surface area contributed by atoms with Gasteiger partial charge in [0.2, 0.25) is 0 Å². The van der Waals surface area contributed by atoms with Crippen molar-refractivity contribution in [3.63, 3.8) is 0 Å². The molecule has 1 N–H and O–H groups in total. The summed E-state index contributed by atoms with van der Waals surface area (Å²) in [5, 5.41) is 12.1. The van der Waals surface area contributed by atoms with E-state index in [2.05, 4.69) is 41.4 Å². The Balaban J connectivity index is 1.58. The van der Waals surface area contributed by atoms with Crippen molar-refractivity contribution in [2.45, 2.75) is 45.9 Å². The average Bonchev–Trinajstić information content (AvgIpc) is 2.73. The van der Waals surface area contributed by atoms with Crippen molar-refractivity contribution in [3.8, 4) is 11.8 Å². The minimum atomic E-state index is -0.681. The van der Waals surface area contributed by atoms with Crippen molar-refractivity contribution in [1.82, 2.24) is 10.2 Å². The molecule has 1 saturated heterocycles. The van der Waals surface area contributed by atoms with E-state index in [4.69, 9.17) is 10.00 Å². The van der Waals surface area contributed by atoms with Gasteiger partial charge in [0.25, 0.3) is 5.91 Å². The Bertz CT molecular complexity index is 874. The average molecular weight is 392 g/mol. The van der Waals surface area contributed by atoms with Crippen LogP contribution in [0.25, 0.3) is 0 Å². The Morgan fingerprint density at radius 2 is 1.97 bits per heavy atom. The van der Waals surface area contributed by atoms with Gasteiger partial charge in [-0.15, -0.1) is 0 Å². The molecule has 0 aromatic heterocycles. The first-order valence-corrected chi connectivity index (χ1v) is 10.3. The van der Waals surface area contributed by atoms with E-state index < -0.39 is 6.10 Å². The third kappa shape index (κ3) is 5.82. The second-order valence-electron chi connectivity index (χ2n) is 7.84. The fourth-order valence-corrected chi connectivity index (χ4v) is 3.79. The van der Waals surface area contributed by atoms with E-state index in [1.54, 1.807) is 31.2 Å². The van der Waals surface area contributed by atoms with Crippen molar-refractivity contribution >= 4 is 5.91 Å². The van der Waals surface area contributed by atoms with E-state index >= 15 is 0 Å². The number of amides is 1. The zero-order chi connectivity index (χ0) is 20.6.